The Balaban J connectivity index is 1.84. The molecular formula is C20H16ClF3N4. The number of fused-ring (bicyclic) bond motifs is 1. The predicted octanol–water partition coefficient (Wildman–Crippen LogP) is 5.48. The van der Waals surface area contributed by atoms with E-state index in [4.69, 9.17) is 11.6 Å². The summed E-state index contributed by atoms with van der Waals surface area (Å²) in [5.41, 5.74) is 3.52. The first-order valence-electron chi connectivity index (χ1n) is 8.63. The van der Waals surface area contributed by atoms with Gasteiger partial charge in [0.2, 0.25) is 5.95 Å². The Morgan fingerprint density at radius 2 is 1.75 bits per heavy atom. The molecule has 0 saturated carbocycles. The molecule has 0 fully saturated rings. The van der Waals surface area contributed by atoms with Crippen LogP contribution >= 0.6 is 11.6 Å². The summed E-state index contributed by atoms with van der Waals surface area (Å²) < 4.78 is 40.9. The van der Waals surface area contributed by atoms with Crippen molar-refractivity contribution in [1.29, 1.82) is 0 Å². The first-order chi connectivity index (χ1) is 13.3. The first kappa shape index (κ1) is 18.6. The molecule has 1 aliphatic heterocycles. The number of hydrogen-bond acceptors (Lipinski definition) is 3. The average Bonchev–Trinajstić information content (AvgIpc) is 3.08. The molecule has 2 heterocycles. The number of allylic oxidation sites excluding steroid dienone is 2. The molecule has 0 amide bonds. The lowest BCUT2D eigenvalue weighted by molar-refractivity contribution is -0.145. The van der Waals surface area contributed by atoms with E-state index >= 15 is 0 Å². The van der Waals surface area contributed by atoms with Gasteiger partial charge in [-0.15, -0.1) is 5.10 Å². The molecule has 0 spiro atoms. The van der Waals surface area contributed by atoms with E-state index in [9.17, 15) is 13.2 Å². The van der Waals surface area contributed by atoms with Crippen LogP contribution < -0.4 is 5.32 Å². The topological polar surface area (TPSA) is 42.7 Å². The van der Waals surface area contributed by atoms with E-state index in [1.54, 1.807) is 24.3 Å². The minimum atomic E-state index is -4.62. The molecule has 1 unspecified atom stereocenters. The number of alkyl halides is 3. The molecule has 1 atom stereocenters. The van der Waals surface area contributed by atoms with Gasteiger partial charge < -0.3 is 5.32 Å². The number of hydrogen-bond donors (Lipinski definition) is 1. The van der Waals surface area contributed by atoms with Crippen LogP contribution in [0.3, 0.4) is 0 Å². The Hall–Kier alpha value is -2.80. The zero-order chi connectivity index (χ0) is 19.9. The van der Waals surface area contributed by atoms with Gasteiger partial charge in [-0.2, -0.15) is 18.2 Å². The molecule has 2 aromatic carbocycles. The van der Waals surface area contributed by atoms with E-state index in [1.165, 1.54) is 4.68 Å². The maximum Gasteiger partial charge on any atom is 0.453 e. The standard InChI is InChI=1S/C20H16ClF3N4/c1-12-16(11-13-5-3-2-4-6-13)17(14-7-9-15(21)10-8-14)28-19(25-12)26-18(27-28)20(22,23)24/h2-10,17H,11H2,1H3,(H,25,26,27). The highest BCUT2D eigenvalue weighted by molar-refractivity contribution is 6.30. The van der Waals surface area contributed by atoms with Crippen LogP contribution in [0.5, 0.6) is 0 Å². The summed E-state index contributed by atoms with van der Waals surface area (Å²) in [4.78, 5) is 3.66. The Bertz CT molecular complexity index is 1020. The third kappa shape index (κ3) is 3.49. The van der Waals surface area contributed by atoms with E-state index in [-0.39, 0.29) is 5.95 Å². The maximum absolute atomic E-state index is 13.2. The molecule has 3 aromatic rings. The monoisotopic (exact) mass is 404 g/mol. The van der Waals surface area contributed by atoms with Gasteiger partial charge in [-0.05, 0) is 42.2 Å². The fraction of sp³-hybridized carbons (Fsp3) is 0.200. The first-order valence-corrected chi connectivity index (χ1v) is 9.00. The van der Waals surface area contributed by atoms with Crippen molar-refractivity contribution in [2.45, 2.75) is 25.6 Å². The van der Waals surface area contributed by atoms with Crippen molar-refractivity contribution in [3.8, 4) is 0 Å². The number of rotatable bonds is 3. The molecule has 0 aliphatic carbocycles. The van der Waals surface area contributed by atoms with Gasteiger partial charge in [-0.3, -0.25) is 0 Å². The second kappa shape index (κ2) is 6.98. The van der Waals surface area contributed by atoms with Crippen LogP contribution in [0.4, 0.5) is 19.1 Å². The lowest BCUT2D eigenvalue weighted by Gasteiger charge is -2.29. The largest absolute Gasteiger partial charge is 0.453 e. The van der Waals surface area contributed by atoms with Crippen molar-refractivity contribution in [1.82, 2.24) is 14.8 Å². The number of nitrogens with one attached hydrogen (secondary N) is 1. The smallest absolute Gasteiger partial charge is 0.328 e. The van der Waals surface area contributed by atoms with Crippen LogP contribution in [0.2, 0.25) is 5.02 Å². The van der Waals surface area contributed by atoms with Gasteiger partial charge in [0, 0.05) is 10.7 Å². The van der Waals surface area contributed by atoms with E-state index < -0.39 is 18.0 Å². The zero-order valence-corrected chi connectivity index (χ0v) is 15.6. The van der Waals surface area contributed by atoms with Gasteiger partial charge >= 0.3 is 6.18 Å². The van der Waals surface area contributed by atoms with E-state index in [2.05, 4.69) is 15.4 Å². The molecule has 8 heteroatoms. The van der Waals surface area contributed by atoms with Crippen LogP contribution in [0, 0.1) is 0 Å². The fourth-order valence-corrected chi connectivity index (χ4v) is 3.47. The zero-order valence-electron chi connectivity index (χ0n) is 14.8. The minimum absolute atomic E-state index is 0.0709. The minimum Gasteiger partial charge on any atom is -0.328 e. The Kier molecular flexibility index (Phi) is 4.63. The number of benzene rings is 2. The number of halogens is 4. The quantitative estimate of drug-likeness (QED) is 0.628. The SMILES string of the molecule is CC1=C(Cc2ccccc2)C(c2ccc(Cl)cc2)n2nc(C(F)(F)F)nc2N1. The van der Waals surface area contributed by atoms with Crippen LogP contribution in [0.1, 0.15) is 29.9 Å². The molecule has 144 valence electrons. The Morgan fingerprint density at radius 3 is 2.39 bits per heavy atom. The van der Waals surface area contributed by atoms with Crippen molar-refractivity contribution < 1.29 is 13.2 Å². The third-order valence-corrected chi connectivity index (χ3v) is 4.92. The van der Waals surface area contributed by atoms with Crippen molar-refractivity contribution in [2.75, 3.05) is 5.32 Å². The molecular weight excluding hydrogens is 389 g/mol. The molecule has 4 nitrogen and oxygen atoms in total. The van der Waals surface area contributed by atoms with Crippen LogP contribution in [0.15, 0.2) is 65.9 Å². The van der Waals surface area contributed by atoms with E-state index in [0.717, 1.165) is 22.4 Å². The Morgan fingerprint density at radius 1 is 1.07 bits per heavy atom. The number of aromatic nitrogens is 3. The van der Waals surface area contributed by atoms with Gasteiger partial charge in [0.05, 0.1) is 0 Å². The van der Waals surface area contributed by atoms with Crippen molar-refractivity contribution in [3.05, 3.63) is 87.8 Å². The highest BCUT2D eigenvalue weighted by Gasteiger charge is 2.40. The van der Waals surface area contributed by atoms with Gasteiger partial charge in [0.1, 0.15) is 6.04 Å². The molecule has 0 bridgehead atoms. The summed E-state index contributed by atoms with van der Waals surface area (Å²) in [7, 11) is 0. The van der Waals surface area contributed by atoms with Gasteiger partial charge in [-0.1, -0.05) is 54.1 Å². The summed E-state index contributed by atoms with van der Waals surface area (Å²) >= 11 is 6.00. The lowest BCUT2D eigenvalue weighted by atomic mass is 9.91. The highest BCUT2D eigenvalue weighted by Crippen LogP contribution is 2.38. The Labute approximate surface area is 164 Å². The van der Waals surface area contributed by atoms with Crippen LogP contribution in [0.25, 0.3) is 0 Å². The summed E-state index contributed by atoms with van der Waals surface area (Å²) in [6.07, 6.45) is -4.06. The lowest BCUT2D eigenvalue weighted by Crippen LogP contribution is -2.26. The van der Waals surface area contributed by atoms with E-state index in [0.29, 0.717) is 11.4 Å². The molecule has 1 aromatic heterocycles. The van der Waals surface area contributed by atoms with E-state index in [1.807, 2.05) is 37.3 Å². The molecule has 0 saturated heterocycles. The van der Waals surface area contributed by atoms with Crippen LogP contribution in [-0.2, 0) is 12.6 Å². The molecule has 0 radical (unpaired) electrons. The second-order valence-corrected chi connectivity index (χ2v) is 7.03. The molecule has 1 N–H and O–H groups in total. The summed E-state index contributed by atoms with van der Waals surface area (Å²) in [6, 6.07) is 16.3. The summed E-state index contributed by atoms with van der Waals surface area (Å²) in [6.45, 7) is 1.84. The number of nitrogens with zero attached hydrogens (tertiary/aromatic N) is 3. The van der Waals surface area contributed by atoms with Gasteiger partial charge in [0.25, 0.3) is 5.82 Å². The maximum atomic E-state index is 13.2. The van der Waals surface area contributed by atoms with Crippen molar-refractivity contribution in [3.63, 3.8) is 0 Å². The molecule has 1 aliphatic rings. The normalized spacial score (nSPS) is 16.7. The average molecular weight is 405 g/mol. The predicted molar refractivity (Wildman–Crippen MR) is 101 cm³/mol. The highest BCUT2D eigenvalue weighted by atomic mass is 35.5. The molecule has 28 heavy (non-hydrogen) atoms. The molecule has 4 rings (SSSR count). The van der Waals surface area contributed by atoms with Crippen molar-refractivity contribution >= 4 is 17.5 Å². The fourth-order valence-electron chi connectivity index (χ4n) is 3.34. The van der Waals surface area contributed by atoms with Crippen molar-refractivity contribution in [2.24, 2.45) is 0 Å². The van der Waals surface area contributed by atoms with Gasteiger partial charge in [-0.25, -0.2) is 4.68 Å². The number of anilines is 1. The second-order valence-electron chi connectivity index (χ2n) is 6.59. The summed E-state index contributed by atoms with van der Waals surface area (Å²) in [5.74, 6) is -1.09. The van der Waals surface area contributed by atoms with Crippen LogP contribution in [-0.4, -0.2) is 14.8 Å². The summed E-state index contributed by atoms with van der Waals surface area (Å²) in [5, 5.41) is 7.31. The third-order valence-electron chi connectivity index (χ3n) is 4.66. The van der Waals surface area contributed by atoms with Gasteiger partial charge in [0.15, 0.2) is 0 Å².